The van der Waals surface area contributed by atoms with Crippen LogP contribution in [-0.2, 0) is 14.4 Å². The largest absolute Gasteiger partial charge is 0.352 e. The van der Waals surface area contributed by atoms with Gasteiger partial charge in [-0.1, -0.05) is 27.2 Å². The smallest absolute Gasteiger partial charge is 0.251 e. The first-order valence-corrected chi connectivity index (χ1v) is 13.8. The summed E-state index contributed by atoms with van der Waals surface area (Å²) >= 11 is 0. The first-order valence-electron chi connectivity index (χ1n) is 13.8. The Morgan fingerprint density at radius 1 is 0.474 bits per heavy atom. The van der Waals surface area contributed by atoms with Crippen molar-refractivity contribution in [2.75, 3.05) is 19.6 Å². The molecule has 0 spiro atoms. The molecule has 0 fully saturated rings. The van der Waals surface area contributed by atoms with E-state index < -0.39 is 17.7 Å². The zero-order chi connectivity index (χ0) is 28.3. The van der Waals surface area contributed by atoms with E-state index in [1.54, 1.807) is 13.8 Å². The summed E-state index contributed by atoms with van der Waals surface area (Å²) in [6.45, 7) is 6.43. The van der Waals surface area contributed by atoms with Gasteiger partial charge in [0, 0.05) is 74.8 Å². The minimum absolute atomic E-state index is 0.120. The minimum atomic E-state index is -0.438. The molecule has 1 rings (SSSR count). The highest BCUT2D eigenvalue weighted by molar-refractivity contribution is 6.04. The lowest BCUT2D eigenvalue weighted by Gasteiger charge is -2.12. The van der Waals surface area contributed by atoms with Gasteiger partial charge in [0.15, 0.2) is 0 Å². The van der Waals surface area contributed by atoms with Crippen LogP contribution >= 0.6 is 0 Å². The van der Waals surface area contributed by atoms with Crippen LogP contribution in [-0.4, -0.2) is 54.7 Å². The monoisotopic (exact) mass is 529 g/mol. The van der Waals surface area contributed by atoms with E-state index in [0.717, 1.165) is 12.8 Å². The Balaban J connectivity index is 2.84. The topological polar surface area (TPSA) is 139 Å². The molecule has 0 aliphatic heterocycles. The van der Waals surface area contributed by atoms with Crippen LogP contribution in [0.1, 0.15) is 122 Å². The van der Waals surface area contributed by atoms with E-state index in [-0.39, 0.29) is 34.0 Å². The summed E-state index contributed by atoms with van der Waals surface area (Å²) < 4.78 is 0. The molecule has 0 aromatic heterocycles. The number of ketones is 3. The van der Waals surface area contributed by atoms with Crippen LogP contribution in [0, 0.1) is 0 Å². The molecule has 0 atom stereocenters. The Kier molecular flexibility index (Phi) is 16.2. The number of carbonyl (C=O) groups excluding carboxylic acids is 6. The van der Waals surface area contributed by atoms with Crippen LogP contribution < -0.4 is 16.0 Å². The molecule has 0 saturated carbocycles. The molecule has 210 valence electrons. The molecular weight excluding hydrogens is 486 g/mol. The maximum absolute atomic E-state index is 12.8. The van der Waals surface area contributed by atoms with Gasteiger partial charge in [0.2, 0.25) is 0 Å². The summed E-state index contributed by atoms with van der Waals surface area (Å²) in [7, 11) is 0. The lowest BCUT2D eigenvalue weighted by molar-refractivity contribution is -0.119. The maximum atomic E-state index is 12.8. The molecule has 0 aliphatic rings. The van der Waals surface area contributed by atoms with E-state index in [9.17, 15) is 28.8 Å². The van der Waals surface area contributed by atoms with E-state index in [1.165, 1.54) is 18.2 Å². The van der Waals surface area contributed by atoms with Crippen LogP contribution in [0.25, 0.3) is 0 Å². The number of carbonyl (C=O) groups is 6. The molecule has 9 heteroatoms. The second kappa shape index (κ2) is 18.8. The quantitative estimate of drug-likeness (QED) is 0.219. The van der Waals surface area contributed by atoms with Crippen molar-refractivity contribution in [2.45, 2.75) is 91.4 Å². The third kappa shape index (κ3) is 13.3. The fourth-order valence-corrected chi connectivity index (χ4v) is 3.66. The zero-order valence-electron chi connectivity index (χ0n) is 23.1. The Bertz CT molecular complexity index is 919. The number of unbranched alkanes of at least 4 members (excludes halogenated alkanes) is 2. The summed E-state index contributed by atoms with van der Waals surface area (Å²) in [5, 5.41) is 8.30. The summed E-state index contributed by atoms with van der Waals surface area (Å²) in [6, 6.07) is 4.32. The Labute approximate surface area is 225 Å². The maximum Gasteiger partial charge on any atom is 0.251 e. The molecule has 3 N–H and O–H groups in total. The number of hydrogen-bond acceptors (Lipinski definition) is 6. The van der Waals surface area contributed by atoms with Gasteiger partial charge in [-0.05, 0) is 43.9 Å². The van der Waals surface area contributed by atoms with Crippen molar-refractivity contribution in [3.8, 4) is 0 Å². The van der Waals surface area contributed by atoms with E-state index in [1.807, 2.05) is 6.92 Å². The average Bonchev–Trinajstić information content (AvgIpc) is 2.93. The summed E-state index contributed by atoms with van der Waals surface area (Å²) in [4.78, 5) is 72.7. The van der Waals surface area contributed by atoms with Gasteiger partial charge >= 0.3 is 0 Å². The lowest BCUT2D eigenvalue weighted by Crippen LogP contribution is -2.29. The minimum Gasteiger partial charge on any atom is -0.352 e. The fourth-order valence-electron chi connectivity index (χ4n) is 3.66. The second-order valence-electron chi connectivity index (χ2n) is 9.26. The molecular formula is C29H43N3O6. The number of benzene rings is 1. The van der Waals surface area contributed by atoms with E-state index >= 15 is 0 Å². The molecule has 0 unspecified atom stereocenters. The summed E-state index contributed by atoms with van der Waals surface area (Å²) in [6.07, 6.45) is 6.03. The Morgan fingerprint density at radius 2 is 0.789 bits per heavy atom. The van der Waals surface area contributed by atoms with Crippen molar-refractivity contribution in [3.05, 3.63) is 34.9 Å². The lowest BCUT2D eigenvalue weighted by atomic mass is 10.0. The molecule has 1 aromatic rings. The van der Waals surface area contributed by atoms with Crippen LogP contribution in [0.2, 0.25) is 0 Å². The van der Waals surface area contributed by atoms with Crippen molar-refractivity contribution in [1.82, 2.24) is 16.0 Å². The molecule has 9 nitrogen and oxygen atoms in total. The van der Waals surface area contributed by atoms with Gasteiger partial charge in [0.25, 0.3) is 17.7 Å². The molecule has 0 saturated heterocycles. The highest BCUT2D eigenvalue weighted by Gasteiger charge is 2.16. The third-order valence-corrected chi connectivity index (χ3v) is 6.16. The van der Waals surface area contributed by atoms with E-state index in [0.29, 0.717) is 77.4 Å². The SMILES string of the molecule is CCC(=O)CCCCCNC(=O)c1cc(C(=O)NCCCC(=O)CC)cc(C(=O)NCCCC(=O)CC)c1. The average molecular weight is 530 g/mol. The van der Waals surface area contributed by atoms with Crippen LogP contribution in [0.4, 0.5) is 0 Å². The van der Waals surface area contributed by atoms with Crippen LogP contribution in [0.3, 0.4) is 0 Å². The summed E-state index contributed by atoms with van der Waals surface area (Å²) in [5.41, 5.74) is 0.527. The first-order chi connectivity index (χ1) is 18.2. The molecule has 38 heavy (non-hydrogen) atoms. The number of hydrogen-bond donors (Lipinski definition) is 3. The van der Waals surface area contributed by atoms with Gasteiger partial charge in [0.05, 0.1) is 0 Å². The van der Waals surface area contributed by atoms with Crippen molar-refractivity contribution in [3.63, 3.8) is 0 Å². The highest BCUT2D eigenvalue weighted by atomic mass is 16.2. The van der Waals surface area contributed by atoms with Gasteiger partial charge in [0.1, 0.15) is 17.3 Å². The standard InChI is InChI=1S/C29H43N3O6/c1-4-24(33)12-8-7-9-15-30-27(36)21-18-22(28(37)31-16-10-13-25(34)5-2)20-23(19-21)29(38)32-17-11-14-26(35)6-3/h18-20H,4-17H2,1-3H3,(H,30,36)(H,31,37)(H,32,38). The predicted molar refractivity (Wildman–Crippen MR) is 146 cm³/mol. The molecule has 1 aromatic carbocycles. The van der Waals surface area contributed by atoms with Gasteiger partial charge < -0.3 is 16.0 Å². The van der Waals surface area contributed by atoms with Gasteiger partial charge in [-0.25, -0.2) is 0 Å². The zero-order valence-corrected chi connectivity index (χ0v) is 23.1. The molecule has 3 amide bonds. The van der Waals surface area contributed by atoms with Crippen LogP contribution in [0.15, 0.2) is 18.2 Å². The number of nitrogens with one attached hydrogen (secondary N) is 3. The normalized spacial score (nSPS) is 10.5. The van der Waals surface area contributed by atoms with Crippen molar-refractivity contribution in [1.29, 1.82) is 0 Å². The van der Waals surface area contributed by atoms with E-state index in [4.69, 9.17) is 0 Å². The molecule has 0 heterocycles. The number of amides is 3. The molecule has 0 bridgehead atoms. The fraction of sp³-hybridized carbons (Fsp3) is 0.586. The van der Waals surface area contributed by atoms with Crippen molar-refractivity contribution >= 4 is 35.1 Å². The molecule has 0 aliphatic carbocycles. The first kappa shape index (κ1) is 32.7. The Morgan fingerprint density at radius 3 is 1.13 bits per heavy atom. The summed E-state index contributed by atoms with van der Waals surface area (Å²) in [5.74, 6) is -0.813. The van der Waals surface area contributed by atoms with Gasteiger partial charge in [-0.15, -0.1) is 0 Å². The van der Waals surface area contributed by atoms with Gasteiger partial charge in [-0.2, -0.15) is 0 Å². The third-order valence-electron chi connectivity index (χ3n) is 6.16. The number of Topliss-reactive ketones (excluding diaryl/α,β-unsaturated/α-hetero) is 3. The molecule has 0 radical (unpaired) electrons. The predicted octanol–water partition coefficient (Wildman–Crippen LogP) is 3.93. The van der Waals surface area contributed by atoms with E-state index in [2.05, 4.69) is 16.0 Å². The van der Waals surface area contributed by atoms with Crippen molar-refractivity contribution < 1.29 is 28.8 Å². The van der Waals surface area contributed by atoms with Crippen molar-refractivity contribution in [2.24, 2.45) is 0 Å². The van der Waals surface area contributed by atoms with Crippen LogP contribution in [0.5, 0.6) is 0 Å². The Hall–Kier alpha value is -3.36. The van der Waals surface area contributed by atoms with Gasteiger partial charge in [-0.3, -0.25) is 28.8 Å². The second-order valence-corrected chi connectivity index (χ2v) is 9.26. The number of rotatable bonds is 20. The highest BCUT2D eigenvalue weighted by Crippen LogP contribution is 2.12.